The number of allylic oxidation sites excluding steroid dienone is 1. The van der Waals surface area contributed by atoms with E-state index in [1.807, 2.05) is 0 Å². The standard InChI is InChI=1S/C30H54N2O2/c1-20(2)8-6-9-21(3)24-10-11-25-23-18-27(32-17-7-16-31)30(34)19-22(33)12-15-29(30,5)26(23)13-14-28(24,25)4/h18,20-22,24-27,32-34H,6-17,19,31H2,1-5H3/t21?,22-,24+,25-,26-,27+,28+,29+,30-/m0/s1. The lowest BCUT2D eigenvalue weighted by atomic mass is 9.45. The first-order chi connectivity index (χ1) is 16.1. The van der Waals surface area contributed by atoms with E-state index in [4.69, 9.17) is 5.73 Å². The zero-order chi connectivity index (χ0) is 24.7. The van der Waals surface area contributed by atoms with Crippen LogP contribution in [0.4, 0.5) is 0 Å². The van der Waals surface area contributed by atoms with Crippen molar-refractivity contribution in [2.75, 3.05) is 13.1 Å². The monoisotopic (exact) mass is 474 g/mol. The van der Waals surface area contributed by atoms with Crippen molar-refractivity contribution in [3.63, 3.8) is 0 Å². The molecule has 0 amide bonds. The zero-order valence-corrected chi connectivity index (χ0v) is 22.8. The molecule has 1 unspecified atom stereocenters. The van der Waals surface area contributed by atoms with Crippen LogP contribution in [0.25, 0.3) is 0 Å². The van der Waals surface area contributed by atoms with Crippen molar-refractivity contribution in [3.8, 4) is 0 Å². The van der Waals surface area contributed by atoms with Crippen LogP contribution in [-0.4, -0.2) is 41.0 Å². The van der Waals surface area contributed by atoms with Gasteiger partial charge in [-0.25, -0.2) is 0 Å². The lowest BCUT2D eigenvalue weighted by Crippen LogP contribution is -2.68. The van der Waals surface area contributed by atoms with E-state index in [1.165, 1.54) is 44.9 Å². The summed E-state index contributed by atoms with van der Waals surface area (Å²) in [5.41, 5.74) is 6.78. The van der Waals surface area contributed by atoms with Gasteiger partial charge in [0.15, 0.2) is 0 Å². The van der Waals surface area contributed by atoms with Crippen molar-refractivity contribution in [3.05, 3.63) is 11.6 Å². The number of hydrogen-bond acceptors (Lipinski definition) is 4. The van der Waals surface area contributed by atoms with Gasteiger partial charge in [0, 0.05) is 11.8 Å². The summed E-state index contributed by atoms with van der Waals surface area (Å²) in [5.74, 6) is 3.52. The van der Waals surface area contributed by atoms with Gasteiger partial charge in [0.2, 0.25) is 0 Å². The predicted octanol–water partition coefficient (Wildman–Crippen LogP) is 5.42. The molecule has 0 spiro atoms. The number of aliphatic hydroxyl groups excluding tert-OH is 1. The molecule has 0 radical (unpaired) electrons. The predicted molar refractivity (Wildman–Crippen MR) is 141 cm³/mol. The Balaban J connectivity index is 1.61. The first-order valence-corrected chi connectivity index (χ1v) is 14.6. The largest absolute Gasteiger partial charge is 0.393 e. The second-order valence-corrected chi connectivity index (χ2v) is 13.6. The number of nitrogens with one attached hydrogen (secondary N) is 1. The fourth-order valence-electron chi connectivity index (χ4n) is 9.19. The first-order valence-electron chi connectivity index (χ1n) is 14.6. The molecule has 9 atom stereocenters. The quantitative estimate of drug-likeness (QED) is 0.266. The van der Waals surface area contributed by atoms with E-state index >= 15 is 0 Å². The molecule has 0 bridgehead atoms. The van der Waals surface area contributed by atoms with Gasteiger partial charge in [0.05, 0.1) is 17.7 Å². The van der Waals surface area contributed by atoms with Crippen LogP contribution in [0.2, 0.25) is 0 Å². The smallest absolute Gasteiger partial charge is 0.0919 e. The van der Waals surface area contributed by atoms with Crippen molar-refractivity contribution in [2.24, 2.45) is 46.2 Å². The third kappa shape index (κ3) is 4.44. The molecule has 4 nitrogen and oxygen atoms in total. The van der Waals surface area contributed by atoms with Crippen molar-refractivity contribution >= 4 is 0 Å². The molecule has 0 aromatic heterocycles. The number of fused-ring (bicyclic) bond motifs is 5. The summed E-state index contributed by atoms with van der Waals surface area (Å²) >= 11 is 0. The van der Waals surface area contributed by atoms with Crippen LogP contribution in [0.3, 0.4) is 0 Å². The van der Waals surface area contributed by atoms with Crippen LogP contribution >= 0.6 is 0 Å². The molecule has 0 aromatic rings. The second kappa shape index (κ2) is 10.1. The molecule has 4 heteroatoms. The van der Waals surface area contributed by atoms with Gasteiger partial charge in [-0.1, -0.05) is 65.5 Å². The Kier molecular flexibility index (Phi) is 7.95. The van der Waals surface area contributed by atoms with E-state index in [2.05, 4.69) is 46.0 Å². The molecule has 34 heavy (non-hydrogen) atoms. The van der Waals surface area contributed by atoms with E-state index in [9.17, 15) is 10.2 Å². The maximum Gasteiger partial charge on any atom is 0.0919 e. The maximum atomic E-state index is 12.2. The molecule has 3 fully saturated rings. The number of rotatable bonds is 9. The Morgan fingerprint density at radius 2 is 1.79 bits per heavy atom. The highest BCUT2D eigenvalue weighted by Gasteiger charge is 2.64. The van der Waals surface area contributed by atoms with E-state index < -0.39 is 11.7 Å². The Labute approximate surface area is 209 Å². The van der Waals surface area contributed by atoms with E-state index in [0.29, 0.717) is 30.2 Å². The van der Waals surface area contributed by atoms with E-state index in [0.717, 1.165) is 43.6 Å². The Morgan fingerprint density at radius 3 is 2.50 bits per heavy atom. The van der Waals surface area contributed by atoms with Gasteiger partial charge in [0.1, 0.15) is 0 Å². The van der Waals surface area contributed by atoms with Crippen LogP contribution in [0.1, 0.15) is 105 Å². The van der Waals surface area contributed by atoms with E-state index in [-0.39, 0.29) is 11.5 Å². The van der Waals surface area contributed by atoms with Crippen LogP contribution in [0, 0.1) is 40.4 Å². The number of hydrogen-bond donors (Lipinski definition) is 4. The third-order valence-corrected chi connectivity index (χ3v) is 11.2. The van der Waals surface area contributed by atoms with Crippen molar-refractivity contribution < 1.29 is 10.2 Å². The van der Waals surface area contributed by atoms with Gasteiger partial charge in [0.25, 0.3) is 0 Å². The van der Waals surface area contributed by atoms with Crippen LogP contribution in [0.5, 0.6) is 0 Å². The summed E-state index contributed by atoms with van der Waals surface area (Å²) in [6.45, 7) is 13.7. The minimum Gasteiger partial charge on any atom is -0.393 e. The highest BCUT2D eigenvalue weighted by Crippen LogP contribution is 2.67. The minimum absolute atomic E-state index is 0.0879. The number of aliphatic hydroxyl groups is 2. The van der Waals surface area contributed by atoms with Gasteiger partial charge >= 0.3 is 0 Å². The lowest BCUT2D eigenvalue weighted by molar-refractivity contribution is -0.181. The lowest BCUT2D eigenvalue weighted by Gasteiger charge is -2.63. The number of nitrogens with two attached hydrogens (primary N) is 1. The second-order valence-electron chi connectivity index (χ2n) is 13.6. The minimum atomic E-state index is -0.886. The van der Waals surface area contributed by atoms with Gasteiger partial charge in [-0.05, 0) is 93.0 Å². The van der Waals surface area contributed by atoms with Crippen LogP contribution in [-0.2, 0) is 0 Å². The fraction of sp³-hybridized carbons (Fsp3) is 0.933. The summed E-state index contributed by atoms with van der Waals surface area (Å²) in [4.78, 5) is 0. The summed E-state index contributed by atoms with van der Waals surface area (Å²) in [6.07, 6.45) is 14.4. The summed E-state index contributed by atoms with van der Waals surface area (Å²) < 4.78 is 0. The Hall–Kier alpha value is -0.420. The zero-order valence-electron chi connectivity index (χ0n) is 22.8. The molecule has 196 valence electrons. The molecule has 3 saturated carbocycles. The van der Waals surface area contributed by atoms with Gasteiger partial charge in [-0.3, -0.25) is 0 Å². The first kappa shape index (κ1) is 26.6. The van der Waals surface area contributed by atoms with Gasteiger partial charge < -0.3 is 21.3 Å². The summed E-state index contributed by atoms with van der Waals surface area (Å²) in [6, 6.07) is -0.0879. The average Bonchev–Trinajstić information content (AvgIpc) is 3.12. The molecule has 0 saturated heterocycles. The highest BCUT2D eigenvalue weighted by molar-refractivity contribution is 5.34. The van der Waals surface area contributed by atoms with Crippen molar-refractivity contribution in [1.29, 1.82) is 0 Å². The van der Waals surface area contributed by atoms with Crippen LogP contribution in [0.15, 0.2) is 11.6 Å². The van der Waals surface area contributed by atoms with Crippen molar-refractivity contribution in [1.82, 2.24) is 5.32 Å². The molecular formula is C30H54N2O2. The maximum absolute atomic E-state index is 12.2. The fourth-order valence-corrected chi connectivity index (χ4v) is 9.19. The van der Waals surface area contributed by atoms with Crippen molar-refractivity contribution in [2.45, 2.75) is 123 Å². The molecular weight excluding hydrogens is 420 g/mol. The molecule has 5 N–H and O–H groups in total. The molecule has 4 rings (SSSR count). The van der Waals surface area contributed by atoms with Crippen LogP contribution < -0.4 is 11.1 Å². The van der Waals surface area contributed by atoms with E-state index in [1.54, 1.807) is 5.57 Å². The summed E-state index contributed by atoms with van der Waals surface area (Å²) in [5, 5.41) is 26.5. The summed E-state index contributed by atoms with van der Waals surface area (Å²) in [7, 11) is 0. The molecule has 4 aliphatic rings. The Morgan fingerprint density at radius 1 is 1.03 bits per heavy atom. The highest BCUT2D eigenvalue weighted by atomic mass is 16.3. The topological polar surface area (TPSA) is 78.5 Å². The molecule has 0 aliphatic heterocycles. The molecule has 0 heterocycles. The molecule has 0 aromatic carbocycles. The third-order valence-electron chi connectivity index (χ3n) is 11.2. The normalized spacial score (nSPS) is 44.9. The van der Waals surface area contributed by atoms with Gasteiger partial charge in [-0.15, -0.1) is 0 Å². The van der Waals surface area contributed by atoms with Gasteiger partial charge in [-0.2, -0.15) is 0 Å². The molecule has 4 aliphatic carbocycles. The SMILES string of the molecule is CC(C)CCCC(C)[C@H]1CC[C@H]2C3=C[C@@H](NCCCN)[C@@]4(O)C[C@@H](O)CC[C@]4(C)[C@H]3CC[C@]12C. The Bertz CT molecular complexity index is 737. The average molecular weight is 475 g/mol.